The second-order valence-corrected chi connectivity index (χ2v) is 7.91. The molecule has 0 N–H and O–H groups in total. The molecule has 128 valence electrons. The predicted molar refractivity (Wildman–Crippen MR) is 94.2 cm³/mol. The Labute approximate surface area is 142 Å². The molecule has 3 heterocycles. The van der Waals surface area contributed by atoms with Crippen molar-refractivity contribution in [3.05, 3.63) is 27.7 Å². The van der Waals surface area contributed by atoms with E-state index in [2.05, 4.69) is 14.6 Å². The number of aryl methyl sites for hydroxylation is 2. The summed E-state index contributed by atoms with van der Waals surface area (Å²) in [6, 6.07) is 0. The normalized spacial score (nSPS) is 24.6. The van der Waals surface area contributed by atoms with Crippen LogP contribution < -0.4 is 5.56 Å². The Bertz CT molecular complexity index is 845. The molecule has 2 aromatic heterocycles. The lowest BCUT2D eigenvalue weighted by atomic mass is 9.91. The second kappa shape index (κ2) is 5.45. The molecule has 2 fully saturated rings. The lowest BCUT2D eigenvalue weighted by Crippen LogP contribution is -2.38. The molecule has 24 heavy (non-hydrogen) atoms. The maximum Gasteiger partial charge on any atom is 0.257 e. The van der Waals surface area contributed by atoms with E-state index in [1.165, 1.54) is 36.6 Å². The Balaban J connectivity index is 1.70. The van der Waals surface area contributed by atoms with Crippen LogP contribution in [0.5, 0.6) is 0 Å². The third-order valence-corrected chi connectivity index (χ3v) is 6.22. The number of hydrogen-bond donors (Lipinski definition) is 0. The quantitative estimate of drug-likeness (QED) is 0.871. The highest BCUT2D eigenvalue weighted by molar-refractivity contribution is 5.80. The maximum atomic E-state index is 13.4. The molecule has 5 nitrogen and oxygen atoms in total. The highest BCUT2D eigenvalue weighted by Gasteiger charge is 2.34. The minimum atomic E-state index is 0.225. The summed E-state index contributed by atoms with van der Waals surface area (Å²) in [6.45, 7) is 2.29. The Morgan fingerprint density at radius 3 is 2.71 bits per heavy atom. The first-order chi connectivity index (χ1) is 11.7. The molecule has 0 amide bonds. The van der Waals surface area contributed by atoms with Crippen LogP contribution in [0.2, 0.25) is 0 Å². The van der Waals surface area contributed by atoms with Gasteiger partial charge in [-0.1, -0.05) is 0 Å². The third-order valence-electron chi connectivity index (χ3n) is 6.22. The van der Waals surface area contributed by atoms with Gasteiger partial charge in [0.1, 0.15) is 5.65 Å². The number of aromatic nitrogens is 3. The van der Waals surface area contributed by atoms with E-state index >= 15 is 0 Å². The van der Waals surface area contributed by atoms with Crippen molar-refractivity contribution in [2.45, 2.75) is 57.5 Å². The minimum Gasteiger partial charge on any atom is -0.283 e. The van der Waals surface area contributed by atoms with Crippen molar-refractivity contribution in [1.82, 2.24) is 19.2 Å². The highest BCUT2D eigenvalue weighted by Crippen LogP contribution is 2.37. The fourth-order valence-corrected chi connectivity index (χ4v) is 4.83. The molecule has 1 aliphatic heterocycles. The van der Waals surface area contributed by atoms with Crippen LogP contribution in [0.15, 0.2) is 11.0 Å². The lowest BCUT2D eigenvalue weighted by Gasteiger charge is -2.29. The largest absolute Gasteiger partial charge is 0.283 e. The second-order valence-electron chi connectivity index (χ2n) is 7.91. The number of nitrogens with zero attached hydrogens (tertiary/aromatic N) is 4. The predicted octanol–water partition coefficient (Wildman–Crippen LogP) is 2.62. The highest BCUT2D eigenvalue weighted by atomic mass is 16.1. The van der Waals surface area contributed by atoms with Crippen LogP contribution in [-0.4, -0.2) is 32.3 Å². The molecule has 1 atom stereocenters. The summed E-state index contributed by atoms with van der Waals surface area (Å²) in [7, 11) is 1.98. The van der Waals surface area contributed by atoms with Gasteiger partial charge in [0.15, 0.2) is 0 Å². The summed E-state index contributed by atoms with van der Waals surface area (Å²) in [5.74, 6) is 0.862. The molecule has 2 aromatic rings. The summed E-state index contributed by atoms with van der Waals surface area (Å²) in [6.07, 6.45) is 11.5. The van der Waals surface area contributed by atoms with Crippen molar-refractivity contribution < 1.29 is 0 Å². The van der Waals surface area contributed by atoms with Gasteiger partial charge in [0.2, 0.25) is 0 Å². The number of hydrogen-bond acceptors (Lipinski definition) is 3. The van der Waals surface area contributed by atoms with Crippen molar-refractivity contribution >= 4 is 11.0 Å². The van der Waals surface area contributed by atoms with E-state index in [0.717, 1.165) is 55.9 Å². The van der Waals surface area contributed by atoms with Gasteiger partial charge in [0, 0.05) is 31.1 Å². The molecule has 0 radical (unpaired) electrons. The van der Waals surface area contributed by atoms with Gasteiger partial charge >= 0.3 is 0 Å². The van der Waals surface area contributed by atoms with E-state index in [0.29, 0.717) is 0 Å². The van der Waals surface area contributed by atoms with Crippen LogP contribution in [0.3, 0.4) is 0 Å². The zero-order valence-electron chi connectivity index (χ0n) is 14.5. The van der Waals surface area contributed by atoms with Crippen LogP contribution in [0, 0.1) is 5.92 Å². The van der Waals surface area contributed by atoms with Gasteiger partial charge in [-0.25, -0.2) is 0 Å². The molecule has 0 spiro atoms. The number of fused-ring (bicyclic) bond motifs is 3. The molecule has 0 unspecified atom stereocenters. The Kier molecular flexibility index (Phi) is 3.34. The van der Waals surface area contributed by atoms with Crippen LogP contribution >= 0.6 is 0 Å². The standard InChI is InChI=1S/C19H26N4O/c1-21-18-16(11-20-21)14-5-2-3-6-15(14)19(24)23(18)17-7-4-10-22(17)12-13-8-9-13/h11,13,17H,2-10,12H2,1H3/t17-/m0/s1. The SMILES string of the molecule is Cn1ncc2c3c(c(=O)n([C@H]4CCCN4CC4CC4)c21)CCCC3. The molecular formula is C19H26N4O. The zero-order valence-corrected chi connectivity index (χ0v) is 14.5. The molecule has 2 aliphatic carbocycles. The smallest absolute Gasteiger partial charge is 0.257 e. The number of likely N-dealkylation sites (tertiary alicyclic amines) is 1. The third kappa shape index (κ3) is 2.17. The van der Waals surface area contributed by atoms with E-state index in [-0.39, 0.29) is 11.7 Å². The molecule has 5 rings (SSSR count). The van der Waals surface area contributed by atoms with E-state index in [4.69, 9.17) is 0 Å². The van der Waals surface area contributed by atoms with Crippen LogP contribution in [0.25, 0.3) is 11.0 Å². The van der Waals surface area contributed by atoms with Crippen LogP contribution in [-0.2, 0) is 19.9 Å². The van der Waals surface area contributed by atoms with Gasteiger partial charge < -0.3 is 0 Å². The molecule has 0 aromatic carbocycles. The van der Waals surface area contributed by atoms with E-state index in [1.54, 1.807) is 0 Å². The first kappa shape index (κ1) is 14.7. The summed E-state index contributed by atoms with van der Waals surface area (Å²) in [4.78, 5) is 16.0. The molecule has 5 heteroatoms. The van der Waals surface area contributed by atoms with E-state index < -0.39 is 0 Å². The molecule has 0 bridgehead atoms. The fraction of sp³-hybridized carbons (Fsp3) is 0.684. The Hall–Kier alpha value is -1.62. The van der Waals surface area contributed by atoms with Crippen molar-refractivity contribution in [2.24, 2.45) is 13.0 Å². The van der Waals surface area contributed by atoms with Gasteiger partial charge in [-0.05, 0) is 62.8 Å². The molecular weight excluding hydrogens is 300 g/mol. The molecule has 1 saturated carbocycles. The van der Waals surface area contributed by atoms with Gasteiger partial charge in [0.25, 0.3) is 5.56 Å². The fourth-order valence-electron chi connectivity index (χ4n) is 4.83. The number of rotatable bonds is 3. The Morgan fingerprint density at radius 1 is 1.12 bits per heavy atom. The maximum absolute atomic E-state index is 13.4. The summed E-state index contributed by atoms with van der Waals surface area (Å²) < 4.78 is 4.01. The minimum absolute atomic E-state index is 0.225. The van der Waals surface area contributed by atoms with E-state index in [9.17, 15) is 4.79 Å². The van der Waals surface area contributed by atoms with Crippen molar-refractivity contribution in [1.29, 1.82) is 0 Å². The summed E-state index contributed by atoms with van der Waals surface area (Å²) in [5, 5.41) is 5.73. The first-order valence-corrected chi connectivity index (χ1v) is 9.56. The average molecular weight is 326 g/mol. The van der Waals surface area contributed by atoms with Gasteiger partial charge in [-0.2, -0.15) is 5.10 Å². The van der Waals surface area contributed by atoms with Crippen molar-refractivity contribution in [3.63, 3.8) is 0 Å². The van der Waals surface area contributed by atoms with Crippen molar-refractivity contribution in [2.75, 3.05) is 13.1 Å². The van der Waals surface area contributed by atoms with Crippen LogP contribution in [0.4, 0.5) is 0 Å². The molecule has 3 aliphatic rings. The summed E-state index contributed by atoms with van der Waals surface area (Å²) in [5.41, 5.74) is 3.64. The monoisotopic (exact) mass is 326 g/mol. The zero-order chi connectivity index (χ0) is 16.3. The van der Waals surface area contributed by atoms with Gasteiger partial charge in [-0.3, -0.25) is 18.9 Å². The lowest BCUT2D eigenvalue weighted by molar-refractivity contribution is 0.184. The van der Waals surface area contributed by atoms with Crippen LogP contribution in [0.1, 0.15) is 55.8 Å². The summed E-state index contributed by atoms with van der Waals surface area (Å²) >= 11 is 0. The van der Waals surface area contributed by atoms with Gasteiger partial charge in [-0.15, -0.1) is 0 Å². The topological polar surface area (TPSA) is 43.1 Å². The molecule has 1 saturated heterocycles. The first-order valence-electron chi connectivity index (χ1n) is 9.56. The van der Waals surface area contributed by atoms with Gasteiger partial charge in [0.05, 0.1) is 12.4 Å². The Morgan fingerprint density at radius 2 is 1.92 bits per heavy atom. The van der Waals surface area contributed by atoms with E-state index in [1.807, 2.05) is 17.9 Å². The average Bonchev–Trinajstić information content (AvgIpc) is 3.16. The number of pyridine rings is 1. The van der Waals surface area contributed by atoms with Crippen molar-refractivity contribution in [3.8, 4) is 0 Å².